The zero-order valence-corrected chi connectivity index (χ0v) is 11.9. The van der Waals surface area contributed by atoms with Crippen molar-refractivity contribution >= 4 is 17.2 Å². The number of rotatable bonds is 4. The molecule has 1 aromatic heterocycles. The van der Waals surface area contributed by atoms with Crippen LogP contribution in [0.3, 0.4) is 0 Å². The summed E-state index contributed by atoms with van der Waals surface area (Å²) in [5, 5.41) is 1.14. The Labute approximate surface area is 112 Å². The number of fused-ring (bicyclic) bond motifs is 1. The summed E-state index contributed by atoms with van der Waals surface area (Å²) in [6.45, 7) is 2.88. The summed E-state index contributed by atoms with van der Waals surface area (Å²) in [6.07, 6.45) is 6.69. The molecule has 2 atom stereocenters. The molecule has 1 heterocycles. The van der Waals surface area contributed by atoms with Crippen molar-refractivity contribution in [2.24, 2.45) is 17.8 Å². The number of thiazole rings is 1. The molecule has 1 aromatic rings. The number of carbonyl (C=O) groups is 1. The van der Waals surface area contributed by atoms with Gasteiger partial charge in [-0.25, -0.2) is 4.98 Å². The van der Waals surface area contributed by atoms with E-state index in [4.69, 9.17) is 0 Å². The zero-order chi connectivity index (χ0) is 12.7. The van der Waals surface area contributed by atoms with E-state index < -0.39 is 0 Å². The molecule has 0 saturated heterocycles. The van der Waals surface area contributed by atoms with E-state index in [1.807, 2.05) is 18.1 Å². The fourth-order valence-electron chi connectivity index (χ4n) is 3.33. The number of hydrogen-bond donors (Lipinski definition) is 0. The largest absolute Gasteiger partial charge is 0.345 e. The lowest BCUT2D eigenvalue weighted by Gasteiger charge is -2.17. The van der Waals surface area contributed by atoms with Gasteiger partial charge in [-0.05, 0) is 31.6 Å². The second-order valence-corrected chi connectivity index (χ2v) is 6.98. The number of hydrogen-bond acceptors (Lipinski definition) is 3. The summed E-state index contributed by atoms with van der Waals surface area (Å²) < 4.78 is 0. The summed E-state index contributed by atoms with van der Waals surface area (Å²) in [5.41, 5.74) is 0. The highest BCUT2D eigenvalue weighted by Crippen LogP contribution is 2.57. The predicted octanol–water partition coefficient (Wildman–Crippen LogP) is 2.50. The Morgan fingerprint density at radius 1 is 1.50 bits per heavy atom. The molecule has 3 nitrogen and oxygen atoms in total. The summed E-state index contributed by atoms with van der Waals surface area (Å²) in [7, 11) is 1.94. The zero-order valence-electron chi connectivity index (χ0n) is 11.1. The van der Waals surface area contributed by atoms with Crippen LogP contribution in [0.15, 0.2) is 6.20 Å². The van der Waals surface area contributed by atoms with Crippen molar-refractivity contribution in [3.8, 4) is 0 Å². The summed E-state index contributed by atoms with van der Waals surface area (Å²) in [5.74, 6) is 2.18. The summed E-state index contributed by atoms with van der Waals surface area (Å²) in [6, 6.07) is 0. The lowest BCUT2D eigenvalue weighted by atomic mass is 10.1. The van der Waals surface area contributed by atoms with Crippen LogP contribution in [0, 0.1) is 24.7 Å². The van der Waals surface area contributed by atoms with Gasteiger partial charge in [-0.2, -0.15) is 0 Å². The first-order valence-corrected chi connectivity index (χ1v) is 7.65. The minimum atomic E-state index is 0.363. The number of aryl methyl sites for hydroxylation is 1. The Morgan fingerprint density at radius 3 is 2.83 bits per heavy atom. The number of carbonyl (C=O) groups excluding carboxylic acids is 1. The van der Waals surface area contributed by atoms with Gasteiger partial charge in [-0.1, -0.05) is 6.42 Å². The van der Waals surface area contributed by atoms with E-state index in [2.05, 4.69) is 11.9 Å². The highest BCUT2D eigenvalue weighted by molar-refractivity contribution is 7.11. The fourth-order valence-corrected chi connectivity index (χ4v) is 4.11. The van der Waals surface area contributed by atoms with Gasteiger partial charge < -0.3 is 4.90 Å². The van der Waals surface area contributed by atoms with Crippen molar-refractivity contribution in [1.29, 1.82) is 0 Å². The fraction of sp³-hybridized carbons (Fsp3) is 0.714. The number of aromatic nitrogens is 1. The molecule has 0 bridgehead atoms. The molecular formula is C14H20N2OS. The molecule has 0 aromatic carbocycles. The van der Waals surface area contributed by atoms with E-state index in [9.17, 15) is 4.79 Å². The third kappa shape index (κ3) is 2.18. The second kappa shape index (κ2) is 4.65. The van der Waals surface area contributed by atoms with Crippen LogP contribution in [-0.2, 0) is 11.2 Å². The van der Waals surface area contributed by atoms with Gasteiger partial charge in [0, 0.05) is 37.0 Å². The van der Waals surface area contributed by atoms with Crippen LogP contribution in [0.2, 0.25) is 0 Å². The van der Waals surface area contributed by atoms with E-state index in [0.717, 1.165) is 29.8 Å². The van der Waals surface area contributed by atoms with Crippen LogP contribution >= 0.6 is 11.3 Å². The second-order valence-electron chi connectivity index (χ2n) is 5.66. The van der Waals surface area contributed by atoms with Gasteiger partial charge in [-0.3, -0.25) is 4.79 Å². The smallest absolute Gasteiger partial charge is 0.226 e. The quantitative estimate of drug-likeness (QED) is 0.837. The molecule has 3 rings (SSSR count). The van der Waals surface area contributed by atoms with E-state index in [1.165, 1.54) is 24.1 Å². The lowest BCUT2D eigenvalue weighted by molar-refractivity contribution is -0.132. The number of amides is 1. The molecule has 18 heavy (non-hydrogen) atoms. The molecule has 0 radical (unpaired) electrons. The van der Waals surface area contributed by atoms with E-state index >= 15 is 0 Å². The third-order valence-corrected chi connectivity index (χ3v) is 5.37. The highest BCUT2D eigenvalue weighted by atomic mass is 32.1. The van der Waals surface area contributed by atoms with Crippen LogP contribution in [0.4, 0.5) is 0 Å². The Kier molecular flexibility index (Phi) is 3.14. The average Bonchev–Trinajstić information content (AvgIpc) is 2.73. The summed E-state index contributed by atoms with van der Waals surface area (Å²) >= 11 is 1.73. The van der Waals surface area contributed by atoms with Crippen LogP contribution in [0.1, 0.15) is 29.1 Å². The third-order valence-electron chi connectivity index (χ3n) is 4.40. The van der Waals surface area contributed by atoms with Crippen molar-refractivity contribution in [3.05, 3.63) is 16.1 Å². The maximum absolute atomic E-state index is 12.3. The molecule has 2 saturated carbocycles. The Hall–Kier alpha value is -0.900. The van der Waals surface area contributed by atoms with Gasteiger partial charge >= 0.3 is 0 Å². The van der Waals surface area contributed by atoms with Gasteiger partial charge in [0.15, 0.2) is 0 Å². The van der Waals surface area contributed by atoms with Crippen LogP contribution in [0.5, 0.6) is 0 Å². The monoisotopic (exact) mass is 264 g/mol. The topological polar surface area (TPSA) is 33.2 Å². The maximum atomic E-state index is 12.3. The van der Waals surface area contributed by atoms with Crippen molar-refractivity contribution in [2.75, 3.05) is 13.6 Å². The molecule has 1 amide bonds. The highest BCUT2D eigenvalue weighted by Gasteiger charge is 2.57. The van der Waals surface area contributed by atoms with Gasteiger partial charge in [0.25, 0.3) is 0 Å². The molecule has 4 heteroatoms. The van der Waals surface area contributed by atoms with Crippen molar-refractivity contribution in [2.45, 2.75) is 32.6 Å². The van der Waals surface area contributed by atoms with Gasteiger partial charge in [0.1, 0.15) is 0 Å². The molecule has 0 N–H and O–H groups in total. The molecule has 0 aliphatic heterocycles. The normalized spacial score (nSPS) is 29.1. The molecular weight excluding hydrogens is 244 g/mol. The first-order valence-electron chi connectivity index (χ1n) is 6.83. The standard InChI is InChI=1S/C14H20N2OS/c1-9-8-15-12(18-9)6-7-16(2)14(17)13-10-4-3-5-11(10)13/h8,10-11,13H,3-7H2,1-2H3. The molecule has 2 fully saturated rings. The molecule has 0 spiro atoms. The Balaban J connectivity index is 1.49. The van der Waals surface area contributed by atoms with E-state index in [1.54, 1.807) is 11.3 Å². The van der Waals surface area contributed by atoms with Gasteiger partial charge in [0.2, 0.25) is 5.91 Å². The van der Waals surface area contributed by atoms with Crippen molar-refractivity contribution < 1.29 is 4.79 Å². The Bertz CT molecular complexity index is 446. The minimum absolute atomic E-state index is 0.363. The SMILES string of the molecule is Cc1cnc(CCN(C)C(=O)C2C3CCCC32)s1. The van der Waals surface area contributed by atoms with Crippen molar-refractivity contribution in [3.63, 3.8) is 0 Å². The van der Waals surface area contributed by atoms with Crippen LogP contribution in [0.25, 0.3) is 0 Å². The minimum Gasteiger partial charge on any atom is -0.345 e. The van der Waals surface area contributed by atoms with Crippen LogP contribution < -0.4 is 0 Å². The van der Waals surface area contributed by atoms with Crippen LogP contribution in [-0.4, -0.2) is 29.4 Å². The molecule has 2 aliphatic carbocycles. The van der Waals surface area contributed by atoms with E-state index in [0.29, 0.717) is 11.8 Å². The summed E-state index contributed by atoms with van der Waals surface area (Å²) in [4.78, 5) is 19.8. The Morgan fingerprint density at radius 2 is 2.22 bits per heavy atom. The number of nitrogens with zero attached hydrogens (tertiary/aromatic N) is 2. The average molecular weight is 264 g/mol. The first-order chi connectivity index (χ1) is 8.66. The van der Waals surface area contributed by atoms with Crippen molar-refractivity contribution in [1.82, 2.24) is 9.88 Å². The number of likely N-dealkylation sites (N-methyl/N-ethyl adjacent to an activating group) is 1. The van der Waals surface area contributed by atoms with E-state index in [-0.39, 0.29) is 0 Å². The first kappa shape index (κ1) is 12.2. The molecule has 2 unspecified atom stereocenters. The van der Waals surface area contributed by atoms with Gasteiger partial charge in [-0.15, -0.1) is 11.3 Å². The molecule has 98 valence electrons. The maximum Gasteiger partial charge on any atom is 0.226 e. The predicted molar refractivity (Wildman–Crippen MR) is 72.5 cm³/mol. The molecule has 2 aliphatic rings. The lowest BCUT2D eigenvalue weighted by Crippen LogP contribution is -2.31. The van der Waals surface area contributed by atoms with Gasteiger partial charge in [0.05, 0.1) is 5.01 Å².